The van der Waals surface area contributed by atoms with Crippen LogP contribution < -0.4 is 20.2 Å². The first-order chi connectivity index (χ1) is 14.0. The fourth-order valence-electron chi connectivity index (χ4n) is 2.65. The first kappa shape index (κ1) is 19.9. The molecule has 29 heavy (non-hydrogen) atoms. The van der Waals surface area contributed by atoms with Crippen LogP contribution in [0, 0.1) is 0 Å². The minimum atomic E-state index is -0.894. The number of hydrogen-bond donors (Lipinski definition) is 1. The molecule has 3 rings (SSSR count). The summed E-state index contributed by atoms with van der Waals surface area (Å²) in [6.45, 7) is -0.301. The van der Waals surface area contributed by atoms with E-state index in [1.165, 1.54) is 14.2 Å². The molecule has 0 aliphatic rings. The maximum absolute atomic E-state index is 12.1. The lowest BCUT2D eigenvalue weighted by Gasteiger charge is -2.10. The van der Waals surface area contributed by atoms with Gasteiger partial charge in [-0.3, -0.25) is 9.59 Å². The number of esters is 1. The van der Waals surface area contributed by atoms with Gasteiger partial charge in [0.15, 0.2) is 23.5 Å². The minimum absolute atomic E-state index is 0.210. The molecule has 1 N–H and O–H groups in total. The highest BCUT2D eigenvalue weighted by Gasteiger charge is 2.15. The third kappa shape index (κ3) is 4.73. The van der Waals surface area contributed by atoms with Gasteiger partial charge in [0, 0.05) is 12.6 Å². The summed E-state index contributed by atoms with van der Waals surface area (Å²) in [6, 6.07) is 12.8. The highest BCUT2D eigenvalue weighted by atomic mass is 16.5. The van der Waals surface area contributed by atoms with Gasteiger partial charge in [0.05, 0.1) is 19.6 Å². The molecular weight excluding hydrogens is 378 g/mol. The first-order valence-corrected chi connectivity index (χ1v) is 8.69. The minimum Gasteiger partial charge on any atom is -0.493 e. The van der Waals surface area contributed by atoms with Gasteiger partial charge >= 0.3 is 5.97 Å². The second-order valence-corrected chi connectivity index (χ2v) is 6.01. The Morgan fingerprint density at radius 1 is 1.00 bits per heavy atom. The van der Waals surface area contributed by atoms with Crippen LogP contribution in [0.1, 0.15) is 16.1 Å². The number of para-hydroxylation sites is 1. The molecule has 0 saturated carbocycles. The van der Waals surface area contributed by atoms with E-state index in [0.717, 1.165) is 11.6 Å². The zero-order valence-electron chi connectivity index (χ0n) is 15.9. The Kier molecular flexibility index (Phi) is 6.13. The quantitative estimate of drug-likeness (QED) is 0.610. The van der Waals surface area contributed by atoms with Gasteiger partial charge in [-0.2, -0.15) is 0 Å². The second kappa shape index (κ2) is 8.92. The van der Waals surface area contributed by atoms with Crippen LogP contribution in [0.25, 0.3) is 11.0 Å². The van der Waals surface area contributed by atoms with Crippen molar-refractivity contribution in [1.82, 2.24) is 5.32 Å². The van der Waals surface area contributed by atoms with Crippen LogP contribution in [0.15, 0.2) is 57.7 Å². The number of fused-ring (bicyclic) bond motifs is 1. The Hall–Kier alpha value is -3.81. The molecule has 0 radical (unpaired) electrons. The predicted octanol–water partition coefficient (Wildman–Crippen LogP) is 2.28. The molecule has 0 bridgehead atoms. The molecule has 1 aromatic heterocycles. The number of carbonyl (C=O) groups excluding carboxylic acids is 2. The van der Waals surface area contributed by atoms with Gasteiger partial charge in [-0.1, -0.05) is 18.2 Å². The Balaban J connectivity index is 1.57. The maximum Gasteiger partial charge on any atom is 0.374 e. The molecule has 3 aromatic rings. The molecule has 150 valence electrons. The number of benzene rings is 2. The summed E-state index contributed by atoms with van der Waals surface area (Å²) in [5.74, 6) is -0.544. The highest BCUT2D eigenvalue weighted by molar-refractivity contribution is 5.90. The van der Waals surface area contributed by atoms with Crippen molar-refractivity contribution in [2.45, 2.75) is 6.54 Å². The van der Waals surface area contributed by atoms with E-state index in [1.807, 2.05) is 0 Å². The van der Waals surface area contributed by atoms with Crippen molar-refractivity contribution in [2.24, 2.45) is 0 Å². The average Bonchev–Trinajstić information content (AvgIpc) is 2.75. The van der Waals surface area contributed by atoms with Crippen molar-refractivity contribution in [2.75, 3.05) is 20.8 Å². The summed E-state index contributed by atoms with van der Waals surface area (Å²) in [5.41, 5.74) is 0.685. The van der Waals surface area contributed by atoms with Crippen LogP contribution in [0.4, 0.5) is 0 Å². The molecule has 0 atom stereocenters. The van der Waals surface area contributed by atoms with Gasteiger partial charge in [0.2, 0.25) is 5.76 Å². The zero-order valence-corrected chi connectivity index (χ0v) is 15.9. The Morgan fingerprint density at radius 3 is 2.52 bits per heavy atom. The van der Waals surface area contributed by atoms with Gasteiger partial charge < -0.3 is 23.9 Å². The topological polar surface area (TPSA) is 104 Å². The number of carbonyl (C=O) groups is 2. The molecule has 0 aliphatic heterocycles. The van der Waals surface area contributed by atoms with Gasteiger partial charge in [-0.15, -0.1) is 0 Å². The summed E-state index contributed by atoms with van der Waals surface area (Å²) in [6.07, 6.45) is 0. The highest BCUT2D eigenvalue weighted by Crippen LogP contribution is 2.27. The van der Waals surface area contributed by atoms with Gasteiger partial charge in [0.25, 0.3) is 5.91 Å². The van der Waals surface area contributed by atoms with Crippen molar-refractivity contribution in [1.29, 1.82) is 0 Å². The van der Waals surface area contributed by atoms with Crippen LogP contribution in [-0.4, -0.2) is 32.7 Å². The third-order valence-corrected chi connectivity index (χ3v) is 4.11. The normalized spacial score (nSPS) is 10.4. The summed E-state index contributed by atoms with van der Waals surface area (Å²) < 4.78 is 20.7. The standard InChI is InChI=1S/C21H19NO7/c1-26-17-8-7-13(9-18(17)27-2)11-22-20(24)12-28-21(25)19-10-15(23)14-5-3-4-6-16(14)29-19/h3-10H,11-12H2,1-2H3,(H,22,24). The van der Waals surface area contributed by atoms with Crippen molar-refractivity contribution in [3.05, 3.63) is 70.1 Å². The Labute approximate surface area is 166 Å². The smallest absolute Gasteiger partial charge is 0.374 e. The molecular formula is C21H19NO7. The zero-order chi connectivity index (χ0) is 20.8. The van der Waals surface area contributed by atoms with Gasteiger partial charge in [0.1, 0.15) is 5.58 Å². The molecule has 0 fully saturated rings. The van der Waals surface area contributed by atoms with Gasteiger partial charge in [-0.25, -0.2) is 4.79 Å². The van der Waals surface area contributed by atoms with E-state index in [-0.39, 0.29) is 23.3 Å². The fraction of sp³-hybridized carbons (Fsp3) is 0.190. The second-order valence-electron chi connectivity index (χ2n) is 6.01. The van der Waals surface area contributed by atoms with E-state index in [9.17, 15) is 14.4 Å². The SMILES string of the molecule is COc1ccc(CNC(=O)COC(=O)c2cc(=O)c3ccccc3o2)cc1OC. The maximum atomic E-state index is 12.1. The van der Waals surface area contributed by atoms with E-state index in [4.69, 9.17) is 18.6 Å². The van der Waals surface area contributed by atoms with Gasteiger partial charge in [-0.05, 0) is 29.8 Å². The predicted molar refractivity (Wildman–Crippen MR) is 104 cm³/mol. The number of methoxy groups -OCH3 is 2. The summed E-state index contributed by atoms with van der Waals surface area (Å²) >= 11 is 0. The molecule has 1 amide bonds. The Bertz CT molecular complexity index is 1100. The Morgan fingerprint density at radius 2 is 1.76 bits per heavy atom. The van der Waals surface area contributed by atoms with Crippen LogP contribution in [0.3, 0.4) is 0 Å². The van der Waals surface area contributed by atoms with Crippen molar-refractivity contribution >= 4 is 22.8 Å². The molecule has 1 heterocycles. The number of nitrogens with one attached hydrogen (secondary N) is 1. The van der Waals surface area contributed by atoms with E-state index >= 15 is 0 Å². The molecule has 0 spiro atoms. The van der Waals surface area contributed by atoms with Crippen LogP contribution in [-0.2, 0) is 16.1 Å². The summed E-state index contributed by atoms with van der Waals surface area (Å²) in [4.78, 5) is 36.1. The lowest BCUT2D eigenvalue weighted by molar-refractivity contribution is -0.124. The molecule has 8 nitrogen and oxygen atoms in total. The van der Waals surface area contributed by atoms with Crippen LogP contribution in [0.5, 0.6) is 11.5 Å². The molecule has 0 saturated heterocycles. The average molecular weight is 397 g/mol. The van der Waals surface area contributed by atoms with Crippen molar-refractivity contribution in [3.8, 4) is 11.5 Å². The lowest BCUT2D eigenvalue weighted by atomic mass is 10.2. The summed E-state index contributed by atoms with van der Waals surface area (Å²) in [5, 5.41) is 2.99. The number of rotatable bonds is 7. The largest absolute Gasteiger partial charge is 0.493 e. The number of amides is 1. The van der Waals surface area contributed by atoms with E-state index in [0.29, 0.717) is 16.9 Å². The fourth-order valence-corrected chi connectivity index (χ4v) is 2.65. The molecule has 8 heteroatoms. The summed E-state index contributed by atoms with van der Waals surface area (Å²) in [7, 11) is 3.05. The van der Waals surface area contributed by atoms with Crippen LogP contribution in [0.2, 0.25) is 0 Å². The van der Waals surface area contributed by atoms with E-state index in [1.54, 1.807) is 42.5 Å². The number of hydrogen-bond acceptors (Lipinski definition) is 7. The monoisotopic (exact) mass is 397 g/mol. The van der Waals surface area contributed by atoms with Crippen LogP contribution >= 0.6 is 0 Å². The van der Waals surface area contributed by atoms with E-state index < -0.39 is 18.5 Å². The lowest BCUT2D eigenvalue weighted by Crippen LogP contribution is -2.28. The third-order valence-electron chi connectivity index (χ3n) is 4.11. The van der Waals surface area contributed by atoms with E-state index in [2.05, 4.69) is 5.32 Å². The number of ether oxygens (including phenoxy) is 3. The molecule has 0 aliphatic carbocycles. The van der Waals surface area contributed by atoms with Crippen molar-refractivity contribution < 1.29 is 28.2 Å². The molecule has 2 aromatic carbocycles. The molecule has 0 unspecified atom stereocenters. The first-order valence-electron chi connectivity index (χ1n) is 8.69. The van der Waals surface area contributed by atoms with Crippen molar-refractivity contribution in [3.63, 3.8) is 0 Å².